The van der Waals surface area contributed by atoms with Crippen LogP contribution in [0.5, 0.6) is 0 Å². The van der Waals surface area contributed by atoms with Crippen LogP contribution in [-0.2, 0) is 0 Å². The lowest BCUT2D eigenvalue weighted by atomic mass is 9.81. The van der Waals surface area contributed by atoms with Gasteiger partial charge in [-0.25, -0.2) is 0 Å². The Morgan fingerprint density at radius 1 is 0.403 bits per heavy atom. The molecule has 0 saturated heterocycles. The quantitative estimate of drug-likeness (QED) is 0.156. The molecule has 0 N–H and O–H groups in total. The van der Waals surface area contributed by atoms with Gasteiger partial charge in [0, 0.05) is 28.6 Å². The maximum atomic E-state index is 9.37. The molecule has 0 bridgehead atoms. The van der Waals surface area contributed by atoms with Gasteiger partial charge in [0.15, 0.2) is 0 Å². The van der Waals surface area contributed by atoms with Crippen LogP contribution in [0.15, 0.2) is 121 Å². The van der Waals surface area contributed by atoms with Crippen molar-refractivity contribution in [3.05, 3.63) is 171 Å². The van der Waals surface area contributed by atoms with Gasteiger partial charge in [0.05, 0.1) is 9.06 Å². The van der Waals surface area contributed by atoms with Crippen LogP contribution in [0.2, 0.25) is 0 Å². The van der Waals surface area contributed by atoms with Crippen molar-refractivity contribution >= 4 is 90.2 Å². The molecule has 9 aromatic rings. The Hall–Kier alpha value is -7.14. The van der Waals surface area contributed by atoms with Gasteiger partial charge in [0.2, 0.25) is 0 Å². The molecular formula is C54H34N4S4. The smallest absolute Gasteiger partial charge is 0.146 e. The molecule has 0 fully saturated rings. The van der Waals surface area contributed by atoms with Crippen LogP contribution in [-0.4, -0.2) is 0 Å². The summed E-state index contributed by atoms with van der Waals surface area (Å²) in [5, 5.41) is 42.3. The SMILES string of the molecule is Cc1cccc(C)c1-c1c2ccc(-c3ccc(/C=c4/ccc(=C(C#N)C#N)s4)s3)cc2c(-c2c(C)cccc2C)c2ccc(-c3ccc(/C=c4/ccc(=C(C#N)C#N)s4)s3)cc12. The van der Waals surface area contributed by atoms with Crippen molar-refractivity contribution in [1.82, 2.24) is 0 Å². The molecule has 0 amide bonds. The number of aryl methyl sites for hydroxylation is 4. The van der Waals surface area contributed by atoms with Crippen molar-refractivity contribution in [2.75, 3.05) is 0 Å². The van der Waals surface area contributed by atoms with E-state index in [0.29, 0.717) is 9.06 Å². The maximum absolute atomic E-state index is 9.37. The van der Waals surface area contributed by atoms with E-state index >= 15 is 0 Å². The third-order valence-corrected chi connectivity index (χ3v) is 15.4. The second kappa shape index (κ2) is 16.7. The molecule has 0 spiro atoms. The van der Waals surface area contributed by atoms with Gasteiger partial charge in [-0.3, -0.25) is 0 Å². The summed E-state index contributed by atoms with van der Waals surface area (Å²) in [6.07, 6.45) is 4.24. The van der Waals surface area contributed by atoms with E-state index < -0.39 is 0 Å². The van der Waals surface area contributed by atoms with E-state index in [-0.39, 0.29) is 11.1 Å². The topological polar surface area (TPSA) is 95.2 Å². The number of benzene rings is 5. The highest BCUT2D eigenvalue weighted by Crippen LogP contribution is 2.49. The summed E-state index contributed by atoms with van der Waals surface area (Å²) in [6.45, 7) is 8.84. The summed E-state index contributed by atoms with van der Waals surface area (Å²) in [5.41, 5.74) is 12.4. The van der Waals surface area contributed by atoms with Crippen molar-refractivity contribution in [1.29, 1.82) is 21.0 Å². The summed E-state index contributed by atoms with van der Waals surface area (Å²) in [4.78, 5) is 4.51. The molecule has 4 nitrogen and oxygen atoms in total. The molecule has 5 aromatic carbocycles. The van der Waals surface area contributed by atoms with E-state index in [0.717, 1.165) is 39.7 Å². The number of nitrogens with zero attached hydrogens (tertiary/aromatic N) is 4. The highest BCUT2D eigenvalue weighted by Gasteiger charge is 2.22. The minimum Gasteiger partial charge on any atom is -0.192 e. The summed E-state index contributed by atoms with van der Waals surface area (Å²) in [6, 6.07) is 51.3. The normalized spacial score (nSPS) is 11.7. The van der Waals surface area contributed by atoms with E-state index in [1.807, 2.05) is 48.5 Å². The molecule has 294 valence electrons. The van der Waals surface area contributed by atoms with Crippen LogP contribution in [0.1, 0.15) is 32.0 Å². The number of fused-ring (bicyclic) bond motifs is 2. The monoisotopic (exact) mass is 866 g/mol. The summed E-state index contributed by atoms with van der Waals surface area (Å²) >= 11 is 6.36. The average molecular weight is 867 g/mol. The molecule has 9 rings (SSSR count). The minimum absolute atomic E-state index is 0.134. The van der Waals surface area contributed by atoms with Crippen LogP contribution in [0.25, 0.3) is 88.0 Å². The fourth-order valence-corrected chi connectivity index (χ4v) is 12.2. The number of hydrogen-bond acceptors (Lipinski definition) is 8. The van der Waals surface area contributed by atoms with Gasteiger partial charge >= 0.3 is 0 Å². The molecule has 4 heterocycles. The number of hydrogen-bond donors (Lipinski definition) is 0. The van der Waals surface area contributed by atoms with Gasteiger partial charge < -0.3 is 0 Å². The fraction of sp³-hybridized carbons (Fsp3) is 0.0741. The predicted octanol–water partition coefficient (Wildman–Crippen LogP) is 12.2. The van der Waals surface area contributed by atoms with Gasteiger partial charge in [-0.05, 0) is 178 Å². The van der Waals surface area contributed by atoms with Crippen molar-refractivity contribution in [3.63, 3.8) is 0 Å². The standard InChI is InChI=1S/C54H34N4S4/c1-31-7-5-8-32(2)51(31)53-43-17-11-36(48-20-14-40(60-48)26-42-16-22-50(62-42)38(29-57)30-58)24-46(43)54(52-33(3)9-6-10-34(52)4)44-18-12-35(23-45(44)53)47-19-13-39(59-47)25-41-15-21-49(61-41)37(27-55)28-56/h5-26H,1-4H3/b41-25-,42-26-. The number of nitriles is 4. The Morgan fingerprint density at radius 3 is 1.16 bits per heavy atom. The van der Waals surface area contributed by atoms with Crippen LogP contribution < -0.4 is 18.1 Å². The first-order valence-corrected chi connectivity index (χ1v) is 23.1. The van der Waals surface area contributed by atoms with Crippen LogP contribution in [0.4, 0.5) is 0 Å². The van der Waals surface area contributed by atoms with Crippen molar-refractivity contribution in [3.8, 4) is 67.4 Å². The molecule has 0 aliphatic heterocycles. The lowest BCUT2D eigenvalue weighted by molar-refractivity contribution is 1.38. The lowest BCUT2D eigenvalue weighted by Gasteiger charge is -2.23. The van der Waals surface area contributed by atoms with Crippen molar-refractivity contribution in [2.45, 2.75) is 27.7 Å². The molecule has 0 unspecified atom stereocenters. The Kier molecular flexibility index (Phi) is 10.9. The molecule has 8 heteroatoms. The van der Waals surface area contributed by atoms with Crippen molar-refractivity contribution < 1.29 is 0 Å². The summed E-state index contributed by atoms with van der Waals surface area (Å²) in [5.74, 6) is 0. The molecule has 62 heavy (non-hydrogen) atoms. The Morgan fingerprint density at radius 2 is 0.790 bits per heavy atom. The summed E-state index contributed by atoms with van der Waals surface area (Å²) in [7, 11) is 0. The first-order chi connectivity index (χ1) is 30.2. The molecular weight excluding hydrogens is 833 g/mol. The Balaban J connectivity index is 1.27. The predicted molar refractivity (Wildman–Crippen MR) is 261 cm³/mol. The third-order valence-electron chi connectivity index (χ3n) is 11.2. The average Bonchev–Trinajstić information content (AvgIpc) is 4.12. The molecule has 0 atom stereocenters. The fourth-order valence-electron chi connectivity index (χ4n) is 8.34. The summed E-state index contributed by atoms with van der Waals surface area (Å²) < 4.78 is 3.35. The molecule has 0 saturated carbocycles. The first kappa shape index (κ1) is 40.3. The third kappa shape index (κ3) is 7.37. The van der Waals surface area contributed by atoms with E-state index in [1.165, 1.54) is 88.7 Å². The molecule has 4 aromatic heterocycles. The molecule has 0 aliphatic rings. The molecule has 0 radical (unpaired) electrons. The zero-order chi connectivity index (χ0) is 43.1. The van der Waals surface area contributed by atoms with Crippen LogP contribution in [0, 0.1) is 73.0 Å². The second-order valence-corrected chi connectivity index (χ2v) is 19.6. The molecule has 0 aliphatic carbocycles. The van der Waals surface area contributed by atoms with Crippen LogP contribution >= 0.6 is 45.3 Å². The van der Waals surface area contributed by atoms with Crippen molar-refractivity contribution in [2.24, 2.45) is 0 Å². The number of thiophene rings is 4. The van der Waals surface area contributed by atoms with Gasteiger partial charge in [-0.1, -0.05) is 60.7 Å². The van der Waals surface area contributed by atoms with Gasteiger partial charge in [-0.2, -0.15) is 21.0 Å². The van der Waals surface area contributed by atoms with E-state index in [9.17, 15) is 21.0 Å². The lowest BCUT2D eigenvalue weighted by Crippen LogP contribution is -1.97. The maximum Gasteiger partial charge on any atom is 0.146 e. The van der Waals surface area contributed by atoms with Crippen LogP contribution in [0.3, 0.4) is 0 Å². The first-order valence-electron chi connectivity index (χ1n) is 19.8. The zero-order valence-corrected chi connectivity index (χ0v) is 37.4. The van der Waals surface area contributed by atoms with Gasteiger partial charge in [0.25, 0.3) is 0 Å². The Bertz CT molecular complexity index is 3430. The Labute approximate surface area is 375 Å². The van der Waals surface area contributed by atoms with E-state index in [2.05, 4.69) is 137 Å². The second-order valence-electron chi connectivity index (χ2n) is 15.1. The minimum atomic E-state index is 0.134. The highest BCUT2D eigenvalue weighted by atomic mass is 32.1. The van der Waals surface area contributed by atoms with E-state index in [1.54, 1.807) is 22.7 Å². The largest absolute Gasteiger partial charge is 0.192 e. The number of rotatable bonds is 6. The van der Waals surface area contributed by atoms with Gasteiger partial charge in [-0.15, -0.1) is 45.3 Å². The van der Waals surface area contributed by atoms with Gasteiger partial charge in [0.1, 0.15) is 35.4 Å². The zero-order valence-electron chi connectivity index (χ0n) is 34.1. The highest BCUT2D eigenvalue weighted by molar-refractivity contribution is 7.17. The van der Waals surface area contributed by atoms with E-state index in [4.69, 9.17) is 0 Å².